The van der Waals surface area contributed by atoms with Crippen molar-refractivity contribution in [2.45, 2.75) is 12.5 Å². The van der Waals surface area contributed by atoms with Gasteiger partial charge in [-0.05, 0) is 11.6 Å². The maximum absolute atomic E-state index is 4.88. The molecule has 0 saturated heterocycles. The summed E-state index contributed by atoms with van der Waals surface area (Å²) in [5, 5.41) is 6.07. The third-order valence-corrected chi connectivity index (χ3v) is 4.61. The van der Waals surface area contributed by atoms with E-state index < -0.39 is 0 Å². The minimum atomic E-state index is 0.206. The van der Waals surface area contributed by atoms with E-state index in [1.54, 1.807) is 0 Å². The van der Waals surface area contributed by atoms with E-state index in [1.165, 1.54) is 10.9 Å². The molecule has 3 heterocycles. The van der Waals surface area contributed by atoms with Crippen LogP contribution in [0.25, 0.3) is 22.2 Å². The van der Waals surface area contributed by atoms with Crippen molar-refractivity contribution < 1.29 is 0 Å². The fourth-order valence-corrected chi connectivity index (χ4v) is 3.42. The molecular weight excluding hydrogens is 296 g/mol. The van der Waals surface area contributed by atoms with Crippen LogP contribution in [0, 0.1) is 0 Å². The molecular formula is C20H16N4. The summed E-state index contributed by atoms with van der Waals surface area (Å²) in [7, 11) is 0. The third kappa shape index (κ3) is 2.00. The van der Waals surface area contributed by atoms with E-state index in [4.69, 9.17) is 5.10 Å². The summed E-state index contributed by atoms with van der Waals surface area (Å²) in [6.07, 6.45) is 4.89. The van der Waals surface area contributed by atoms with Gasteiger partial charge in [-0.25, -0.2) is 9.67 Å². The van der Waals surface area contributed by atoms with E-state index in [1.807, 2.05) is 29.2 Å². The number of hydrogen-bond donors (Lipinski definition) is 1. The Morgan fingerprint density at radius 2 is 1.83 bits per heavy atom. The van der Waals surface area contributed by atoms with Gasteiger partial charge >= 0.3 is 0 Å². The Bertz CT molecular complexity index is 1040. The lowest BCUT2D eigenvalue weighted by Gasteiger charge is -2.20. The second-order valence-electron chi connectivity index (χ2n) is 6.05. The quantitative estimate of drug-likeness (QED) is 0.571. The second-order valence-corrected chi connectivity index (χ2v) is 6.05. The number of aromatic nitrogens is 3. The Kier molecular flexibility index (Phi) is 2.88. The first-order valence-electron chi connectivity index (χ1n) is 8.14. The van der Waals surface area contributed by atoms with E-state index in [0.717, 1.165) is 29.0 Å². The molecule has 0 aliphatic carbocycles. The summed E-state index contributed by atoms with van der Waals surface area (Å²) >= 11 is 0. The molecule has 1 N–H and O–H groups in total. The maximum Gasteiger partial charge on any atom is 0.151 e. The van der Waals surface area contributed by atoms with Gasteiger partial charge in [0.05, 0.1) is 11.7 Å². The van der Waals surface area contributed by atoms with Crippen LogP contribution < -0.4 is 0 Å². The highest BCUT2D eigenvalue weighted by molar-refractivity contribution is 5.94. The van der Waals surface area contributed by atoms with Gasteiger partial charge in [-0.1, -0.05) is 48.5 Å². The number of aromatic amines is 1. The van der Waals surface area contributed by atoms with Crippen molar-refractivity contribution in [3.05, 3.63) is 72.4 Å². The fraction of sp³-hybridized carbons (Fsp3) is 0.100. The lowest BCUT2D eigenvalue weighted by Crippen LogP contribution is -2.15. The van der Waals surface area contributed by atoms with Crippen LogP contribution >= 0.6 is 0 Å². The first-order chi connectivity index (χ1) is 11.9. The number of benzene rings is 2. The number of fused-ring (bicyclic) bond motifs is 2. The van der Waals surface area contributed by atoms with Crippen molar-refractivity contribution in [3.63, 3.8) is 0 Å². The normalized spacial score (nSPS) is 16.4. The molecule has 0 fully saturated rings. The Balaban J connectivity index is 1.64. The predicted octanol–water partition coefficient (Wildman–Crippen LogP) is 4.73. The van der Waals surface area contributed by atoms with E-state index in [-0.39, 0.29) is 6.04 Å². The van der Waals surface area contributed by atoms with Gasteiger partial charge in [0.1, 0.15) is 0 Å². The molecule has 5 rings (SSSR count). The highest BCUT2D eigenvalue weighted by atomic mass is 15.3. The van der Waals surface area contributed by atoms with Crippen LogP contribution in [0.2, 0.25) is 0 Å². The topological polar surface area (TPSA) is 46.0 Å². The zero-order chi connectivity index (χ0) is 15.9. The molecule has 4 nitrogen and oxygen atoms in total. The summed E-state index contributed by atoms with van der Waals surface area (Å²) in [6.45, 7) is 0. The highest BCUT2D eigenvalue weighted by Gasteiger charge is 2.22. The van der Waals surface area contributed by atoms with Gasteiger partial charge in [0.15, 0.2) is 5.82 Å². The molecule has 4 aromatic rings. The lowest BCUT2D eigenvalue weighted by atomic mass is 10.0. The van der Waals surface area contributed by atoms with Crippen LogP contribution in [-0.2, 0) is 0 Å². The van der Waals surface area contributed by atoms with Crippen molar-refractivity contribution in [2.75, 3.05) is 0 Å². The van der Waals surface area contributed by atoms with E-state index >= 15 is 0 Å². The SMILES string of the molecule is C1=Nc2cc(-c3c[nH]c4ccccc34)nn2C(c2ccccc2)C1. The molecule has 116 valence electrons. The molecule has 1 atom stereocenters. The molecule has 1 aliphatic rings. The Labute approximate surface area is 139 Å². The molecule has 0 radical (unpaired) electrons. The number of H-pyrrole nitrogens is 1. The fourth-order valence-electron chi connectivity index (χ4n) is 3.42. The van der Waals surface area contributed by atoms with Gasteiger partial charge in [-0.3, -0.25) is 0 Å². The van der Waals surface area contributed by atoms with Crippen molar-refractivity contribution in [3.8, 4) is 11.3 Å². The minimum absolute atomic E-state index is 0.206. The van der Waals surface area contributed by atoms with Crippen LogP contribution in [-0.4, -0.2) is 21.0 Å². The van der Waals surface area contributed by atoms with Crippen LogP contribution in [0.3, 0.4) is 0 Å². The molecule has 0 amide bonds. The zero-order valence-electron chi connectivity index (χ0n) is 13.1. The number of para-hydroxylation sites is 1. The third-order valence-electron chi connectivity index (χ3n) is 4.61. The molecule has 0 bridgehead atoms. The van der Waals surface area contributed by atoms with Gasteiger partial charge in [0, 0.05) is 41.4 Å². The molecule has 24 heavy (non-hydrogen) atoms. The highest BCUT2D eigenvalue weighted by Crippen LogP contribution is 2.35. The van der Waals surface area contributed by atoms with Gasteiger partial charge in [-0.2, -0.15) is 5.10 Å². The Morgan fingerprint density at radius 3 is 2.75 bits per heavy atom. The number of aliphatic imine (C=N–C) groups is 1. The second kappa shape index (κ2) is 5.20. The molecule has 2 aromatic carbocycles. The summed E-state index contributed by atoms with van der Waals surface area (Å²) in [5.74, 6) is 0.912. The van der Waals surface area contributed by atoms with Crippen molar-refractivity contribution in [1.29, 1.82) is 0 Å². The van der Waals surface area contributed by atoms with Gasteiger partial charge in [-0.15, -0.1) is 0 Å². The molecule has 2 aromatic heterocycles. The van der Waals surface area contributed by atoms with Crippen LogP contribution in [0.15, 0.2) is 71.9 Å². The van der Waals surface area contributed by atoms with Crippen LogP contribution in [0.4, 0.5) is 5.82 Å². The summed E-state index contributed by atoms with van der Waals surface area (Å²) in [6, 6.07) is 21.1. The first kappa shape index (κ1) is 13.3. The van der Waals surface area contributed by atoms with Crippen molar-refractivity contribution in [1.82, 2.24) is 14.8 Å². The number of hydrogen-bond acceptors (Lipinski definition) is 2. The smallest absolute Gasteiger partial charge is 0.151 e. The molecule has 0 spiro atoms. The molecule has 4 heteroatoms. The number of rotatable bonds is 2. The number of nitrogens with one attached hydrogen (secondary N) is 1. The first-order valence-corrected chi connectivity index (χ1v) is 8.14. The van der Waals surface area contributed by atoms with Crippen molar-refractivity contribution in [2.24, 2.45) is 4.99 Å². The van der Waals surface area contributed by atoms with E-state index in [9.17, 15) is 0 Å². The standard InChI is InChI=1S/C20H16N4/c1-2-6-14(7-3-1)19-10-11-21-20-12-18(23-24(19)20)16-13-22-17-9-5-4-8-15(16)17/h1-9,11-13,19,22H,10H2. The summed E-state index contributed by atoms with van der Waals surface area (Å²) < 4.78 is 2.05. The van der Waals surface area contributed by atoms with Gasteiger partial charge < -0.3 is 4.98 Å². The van der Waals surface area contributed by atoms with Crippen molar-refractivity contribution >= 4 is 22.9 Å². The molecule has 1 unspecified atom stereocenters. The monoisotopic (exact) mass is 312 g/mol. The zero-order valence-corrected chi connectivity index (χ0v) is 13.1. The van der Waals surface area contributed by atoms with Crippen LogP contribution in [0.1, 0.15) is 18.0 Å². The van der Waals surface area contributed by atoms with Gasteiger partial charge in [0.25, 0.3) is 0 Å². The van der Waals surface area contributed by atoms with Crippen LogP contribution in [0.5, 0.6) is 0 Å². The predicted molar refractivity (Wildman–Crippen MR) is 96.9 cm³/mol. The largest absolute Gasteiger partial charge is 0.360 e. The lowest BCUT2D eigenvalue weighted by molar-refractivity contribution is 0.538. The molecule has 0 saturated carbocycles. The average Bonchev–Trinajstić information content (AvgIpc) is 3.25. The minimum Gasteiger partial charge on any atom is -0.360 e. The average molecular weight is 312 g/mol. The Hall–Kier alpha value is -3.14. The summed E-state index contributed by atoms with van der Waals surface area (Å²) in [4.78, 5) is 7.87. The maximum atomic E-state index is 4.88. The summed E-state index contributed by atoms with van der Waals surface area (Å²) in [5.41, 5.74) is 4.47. The number of nitrogens with zero attached hydrogens (tertiary/aromatic N) is 3. The van der Waals surface area contributed by atoms with E-state index in [2.05, 4.69) is 58.5 Å². The van der Waals surface area contributed by atoms with E-state index in [0.29, 0.717) is 0 Å². The van der Waals surface area contributed by atoms with Gasteiger partial charge in [0.2, 0.25) is 0 Å². The Morgan fingerprint density at radius 1 is 1.00 bits per heavy atom. The molecule has 1 aliphatic heterocycles.